The van der Waals surface area contributed by atoms with Gasteiger partial charge in [-0.1, -0.05) is 12.1 Å². The summed E-state index contributed by atoms with van der Waals surface area (Å²) in [6.45, 7) is 0. The van der Waals surface area contributed by atoms with Crippen LogP contribution in [0, 0.1) is 0 Å². The average molecular weight is 209 g/mol. The number of carbonyl (C=O) groups excluding carboxylic acids is 1. The number of rotatable bonds is 2. The fraction of sp³-hybridized carbons (Fsp3) is 0.417. The number of ketones is 1. The molecule has 1 aromatic rings. The quantitative estimate of drug-likeness (QED) is 0.540. The Morgan fingerprint density at radius 3 is 2.64 bits per heavy atom. The van der Waals surface area contributed by atoms with Gasteiger partial charge in [-0.05, 0) is 42.9 Å². The van der Waals surface area contributed by atoms with Crippen LogP contribution in [0.5, 0.6) is 0 Å². The predicted octanol–water partition coefficient (Wildman–Crippen LogP) is 2.99. The minimum absolute atomic E-state index is 0.0278. The molecule has 0 radical (unpaired) electrons. The van der Waals surface area contributed by atoms with Crippen LogP contribution in [0.4, 0.5) is 0 Å². The molecule has 0 heterocycles. The molecule has 0 N–H and O–H groups in total. The Hall–Kier alpha value is -0.820. The van der Waals surface area contributed by atoms with Crippen molar-refractivity contribution in [3.63, 3.8) is 0 Å². The average Bonchev–Trinajstić information content (AvgIpc) is 2.27. The van der Waals surface area contributed by atoms with E-state index >= 15 is 0 Å². The van der Waals surface area contributed by atoms with Gasteiger partial charge in [0.1, 0.15) is 0 Å². The van der Waals surface area contributed by atoms with Gasteiger partial charge >= 0.3 is 0 Å². The van der Waals surface area contributed by atoms with E-state index in [0.717, 1.165) is 18.4 Å². The SMILES string of the molecule is O=C(CCl)c1ccc2c(c1)CCCC2. The number of carbonyl (C=O) groups is 1. The highest BCUT2D eigenvalue weighted by Gasteiger charge is 2.11. The number of Topliss-reactive ketones (excluding diaryl/α,β-unsaturated/α-hetero) is 1. The summed E-state index contributed by atoms with van der Waals surface area (Å²) >= 11 is 5.52. The standard InChI is InChI=1S/C12H13ClO/c13-8-12(14)11-6-5-9-3-1-2-4-10(9)7-11/h5-7H,1-4,8H2. The van der Waals surface area contributed by atoms with Crippen LogP contribution < -0.4 is 0 Å². The van der Waals surface area contributed by atoms with Gasteiger partial charge in [-0.25, -0.2) is 0 Å². The molecule has 0 saturated heterocycles. The van der Waals surface area contributed by atoms with Crippen molar-refractivity contribution < 1.29 is 4.79 Å². The van der Waals surface area contributed by atoms with E-state index in [1.165, 1.54) is 24.0 Å². The molecule has 0 fully saturated rings. The molecule has 0 aliphatic heterocycles. The minimum atomic E-state index is 0.0278. The Morgan fingerprint density at radius 2 is 1.93 bits per heavy atom. The van der Waals surface area contributed by atoms with Crippen molar-refractivity contribution in [3.8, 4) is 0 Å². The van der Waals surface area contributed by atoms with Gasteiger partial charge in [0.25, 0.3) is 0 Å². The largest absolute Gasteiger partial charge is 0.293 e. The van der Waals surface area contributed by atoms with Crippen molar-refractivity contribution in [2.45, 2.75) is 25.7 Å². The zero-order valence-electron chi connectivity index (χ0n) is 8.05. The highest BCUT2D eigenvalue weighted by molar-refractivity contribution is 6.30. The van der Waals surface area contributed by atoms with E-state index < -0.39 is 0 Å². The second kappa shape index (κ2) is 4.14. The molecule has 14 heavy (non-hydrogen) atoms. The Labute approximate surface area is 89.1 Å². The molecule has 2 rings (SSSR count). The summed E-state index contributed by atoms with van der Waals surface area (Å²) in [5.41, 5.74) is 3.51. The first-order valence-electron chi connectivity index (χ1n) is 5.02. The summed E-state index contributed by atoms with van der Waals surface area (Å²) in [5, 5.41) is 0. The van der Waals surface area contributed by atoms with Crippen molar-refractivity contribution >= 4 is 17.4 Å². The maximum absolute atomic E-state index is 11.4. The zero-order valence-corrected chi connectivity index (χ0v) is 8.81. The summed E-state index contributed by atoms with van der Waals surface area (Å²) in [7, 11) is 0. The third-order valence-corrected chi connectivity index (χ3v) is 3.03. The lowest BCUT2D eigenvalue weighted by Crippen LogP contribution is -2.06. The van der Waals surface area contributed by atoms with E-state index in [-0.39, 0.29) is 11.7 Å². The Kier molecular flexibility index (Phi) is 2.87. The molecular formula is C12H13ClO. The highest BCUT2D eigenvalue weighted by Crippen LogP contribution is 2.22. The van der Waals surface area contributed by atoms with E-state index in [2.05, 4.69) is 6.07 Å². The lowest BCUT2D eigenvalue weighted by atomic mass is 9.90. The van der Waals surface area contributed by atoms with Crippen molar-refractivity contribution in [2.24, 2.45) is 0 Å². The predicted molar refractivity (Wildman–Crippen MR) is 58.1 cm³/mol. The van der Waals surface area contributed by atoms with E-state index in [1.54, 1.807) is 0 Å². The molecule has 1 aliphatic rings. The van der Waals surface area contributed by atoms with Gasteiger partial charge in [0.05, 0.1) is 5.88 Å². The number of benzene rings is 1. The first-order chi connectivity index (χ1) is 6.81. The molecule has 0 saturated carbocycles. The molecule has 0 amide bonds. The van der Waals surface area contributed by atoms with Crippen LogP contribution in [0.1, 0.15) is 34.3 Å². The summed E-state index contributed by atoms with van der Waals surface area (Å²) < 4.78 is 0. The first-order valence-corrected chi connectivity index (χ1v) is 5.55. The molecular weight excluding hydrogens is 196 g/mol. The molecule has 0 spiro atoms. The number of aryl methyl sites for hydroxylation is 2. The maximum Gasteiger partial charge on any atom is 0.177 e. The van der Waals surface area contributed by atoms with Crippen LogP contribution in [-0.2, 0) is 12.8 Å². The van der Waals surface area contributed by atoms with Crippen LogP contribution in [0.3, 0.4) is 0 Å². The molecule has 0 bridgehead atoms. The second-order valence-electron chi connectivity index (χ2n) is 3.75. The summed E-state index contributed by atoms with van der Waals surface area (Å²) in [6.07, 6.45) is 4.78. The van der Waals surface area contributed by atoms with Gasteiger partial charge in [-0.3, -0.25) is 4.79 Å². The molecule has 1 aliphatic carbocycles. The summed E-state index contributed by atoms with van der Waals surface area (Å²) in [6, 6.07) is 5.99. The molecule has 0 unspecified atom stereocenters. The smallest absolute Gasteiger partial charge is 0.177 e. The lowest BCUT2D eigenvalue weighted by Gasteiger charge is -2.15. The van der Waals surface area contributed by atoms with E-state index in [1.807, 2.05) is 12.1 Å². The van der Waals surface area contributed by atoms with Crippen molar-refractivity contribution in [1.29, 1.82) is 0 Å². The van der Waals surface area contributed by atoms with Gasteiger partial charge in [0.2, 0.25) is 0 Å². The molecule has 74 valence electrons. The topological polar surface area (TPSA) is 17.1 Å². The van der Waals surface area contributed by atoms with Gasteiger partial charge < -0.3 is 0 Å². The van der Waals surface area contributed by atoms with Crippen LogP contribution in [0.25, 0.3) is 0 Å². The third-order valence-electron chi connectivity index (χ3n) is 2.79. The van der Waals surface area contributed by atoms with Gasteiger partial charge in [0, 0.05) is 5.56 Å². The van der Waals surface area contributed by atoms with Crippen LogP contribution in [0.15, 0.2) is 18.2 Å². The van der Waals surface area contributed by atoms with Gasteiger partial charge in [0.15, 0.2) is 5.78 Å². The van der Waals surface area contributed by atoms with Crippen molar-refractivity contribution in [1.82, 2.24) is 0 Å². The fourth-order valence-electron chi connectivity index (χ4n) is 1.98. The zero-order chi connectivity index (χ0) is 9.97. The number of hydrogen-bond donors (Lipinski definition) is 0. The molecule has 1 nitrogen and oxygen atoms in total. The van der Waals surface area contributed by atoms with Crippen molar-refractivity contribution in [2.75, 3.05) is 5.88 Å². The minimum Gasteiger partial charge on any atom is -0.293 e. The van der Waals surface area contributed by atoms with E-state index in [4.69, 9.17) is 11.6 Å². The van der Waals surface area contributed by atoms with E-state index in [0.29, 0.717) is 0 Å². The van der Waals surface area contributed by atoms with Gasteiger partial charge in [-0.2, -0.15) is 0 Å². The maximum atomic E-state index is 11.4. The van der Waals surface area contributed by atoms with Gasteiger partial charge in [-0.15, -0.1) is 11.6 Å². The number of halogens is 1. The van der Waals surface area contributed by atoms with Crippen molar-refractivity contribution in [3.05, 3.63) is 34.9 Å². The second-order valence-corrected chi connectivity index (χ2v) is 4.01. The molecule has 0 atom stereocenters. The number of alkyl halides is 1. The number of hydrogen-bond acceptors (Lipinski definition) is 1. The molecule has 2 heteroatoms. The van der Waals surface area contributed by atoms with Crippen LogP contribution in [-0.4, -0.2) is 11.7 Å². The van der Waals surface area contributed by atoms with Crippen LogP contribution >= 0.6 is 11.6 Å². The van der Waals surface area contributed by atoms with Crippen LogP contribution in [0.2, 0.25) is 0 Å². The third kappa shape index (κ3) is 1.83. The fourth-order valence-corrected chi connectivity index (χ4v) is 2.14. The normalized spacial score (nSPS) is 14.9. The molecule has 1 aromatic carbocycles. The van der Waals surface area contributed by atoms with E-state index in [9.17, 15) is 4.79 Å². The lowest BCUT2D eigenvalue weighted by molar-refractivity contribution is 0.102. The summed E-state index contributed by atoms with van der Waals surface area (Å²) in [5.74, 6) is 0.110. The summed E-state index contributed by atoms with van der Waals surface area (Å²) in [4.78, 5) is 11.4. The Bertz CT molecular complexity index is 357. The Balaban J connectivity index is 2.33. The first kappa shape index (κ1) is 9.72. The molecule has 0 aromatic heterocycles. The Morgan fingerprint density at radius 1 is 1.21 bits per heavy atom. The highest BCUT2D eigenvalue weighted by atomic mass is 35.5. The number of fused-ring (bicyclic) bond motifs is 1. The monoisotopic (exact) mass is 208 g/mol.